The highest BCUT2D eigenvalue weighted by Crippen LogP contribution is 2.28. The van der Waals surface area contributed by atoms with Crippen molar-refractivity contribution in [3.05, 3.63) is 70.3 Å². The molecule has 3 rings (SSSR count). The summed E-state index contributed by atoms with van der Waals surface area (Å²) in [6.45, 7) is 0.701. The Hall–Kier alpha value is -1.77. The fourth-order valence-electron chi connectivity index (χ4n) is 2.14. The van der Waals surface area contributed by atoms with Gasteiger partial charge < -0.3 is 5.32 Å². The fourth-order valence-corrected chi connectivity index (χ4v) is 2.56. The van der Waals surface area contributed by atoms with Gasteiger partial charge in [-0.05, 0) is 42.0 Å². The minimum atomic E-state index is 0.661. The van der Waals surface area contributed by atoms with Gasteiger partial charge in [-0.3, -0.25) is 4.98 Å². The van der Waals surface area contributed by atoms with Gasteiger partial charge in [0.1, 0.15) is 0 Å². The number of hydrogen-bond acceptors (Lipinski definition) is 2. The first-order chi connectivity index (χ1) is 9.74. The zero-order chi connectivity index (χ0) is 13.9. The SMILES string of the molecule is Clc1cccc(CNc2ccc(Cl)c3ncccc23)c1. The first-order valence-corrected chi connectivity index (χ1v) is 7.01. The van der Waals surface area contributed by atoms with Crippen molar-refractivity contribution in [3.8, 4) is 0 Å². The third-order valence-corrected chi connectivity index (χ3v) is 3.63. The number of benzene rings is 2. The molecule has 1 N–H and O–H groups in total. The van der Waals surface area contributed by atoms with Crippen LogP contribution in [0.2, 0.25) is 10.0 Å². The van der Waals surface area contributed by atoms with Crippen LogP contribution >= 0.6 is 23.2 Å². The van der Waals surface area contributed by atoms with Gasteiger partial charge in [-0.2, -0.15) is 0 Å². The Balaban J connectivity index is 1.90. The van der Waals surface area contributed by atoms with E-state index in [0.29, 0.717) is 11.6 Å². The van der Waals surface area contributed by atoms with E-state index in [2.05, 4.69) is 10.3 Å². The number of nitrogens with zero attached hydrogens (tertiary/aromatic N) is 1. The minimum Gasteiger partial charge on any atom is -0.380 e. The van der Waals surface area contributed by atoms with E-state index >= 15 is 0 Å². The molecule has 0 amide bonds. The minimum absolute atomic E-state index is 0.661. The van der Waals surface area contributed by atoms with E-state index in [9.17, 15) is 0 Å². The van der Waals surface area contributed by atoms with Crippen LogP contribution in [0.1, 0.15) is 5.56 Å². The molecule has 2 nitrogen and oxygen atoms in total. The Morgan fingerprint density at radius 3 is 2.75 bits per heavy atom. The standard InChI is InChI=1S/C16H12Cl2N2/c17-12-4-1-3-11(9-12)10-20-15-7-6-14(18)16-13(15)5-2-8-19-16/h1-9,20H,10H2. The van der Waals surface area contributed by atoms with E-state index in [1.807, 2.05) is 48.5 Å². The van der Waals surface area contributed by atoms with Gasteiger partial charge in [-0.15, -0.1) is 0 Å². The molecule has 20 heavy (non-hydrogen) atoms. The molecule has 0 aliphatic carbocycles. The van der Waals surface area contributed by atoms with Crippen LogP contribution in [0, 0.1) is 0 Å². The average molecular weight is 303 g/mol. The molecule has 0 radical (unpaired) electrons. The summed E-state index contributed by atoms with van der Waals surface area (Å²) in [5.74, 6) is 0. The molecule has 2 aromatic carbocycles. The van der Waals surface area contributed by atoms with Crippen LogP contribution in [-0.2, 0) is 6.54 Å². The summed E-state index contributed by atoms with van der Waals surface area (Å²) < 4.78 is 0. The van der Waals surface area contributed by atoms with Crippen LogP contribution in [0.15, 0.2) is 54.7 Å². The maximum Gasteiger partial charge on any atom is 0.0908 e. The van der Waals surface area contributed by atoms with Gasteiger partial charge in [0.2, 0.25) is 0 Å². The molecule has 0 saturated heterocycles. The number of rotatable bonds is 3. The van der Waals surface area contributed by atoms with Crippen molar-refractivity contribution in [2.75, 3.05) is 5.32 Å². The van der Waals surface area contributed by atoms with E-state index in [1.54, 1.807) is 6.20 Å². The van der Waals surface area contributed by atoms with E-state index in [4.69, 9.17) is 23.2 Å². The quantitative estimate of drug-likeness (QED) is 0.723. The molecule has 100 valence electrons. The van der Waals surface area contributed by atoms with Crippen molar-refractivity contribution in [1.29, 1.82) is 0 Å². The molecular weight excluding hydrogens is 291 g/mol. The molecule has 0 aliphatic heterocycles. The lowest BCUT2D eigenvalue weighted by Crippen LogP contribution is -2.00. The number of aromatic nitrogens is 1. The summed E-state index contributed by atoms with van der Waals surface area (Å²) in [6, 6.07) is 15.5. The van der Waals surface area contributed by atoms with Crippen molar-refractivity contribution < 1.29 is 0 Å². The van der Waals surface area contributed by atoms with Gasteiger partial charge in [-0.1, -0.05) is 35.3 Å². The molecule has 0 spiro atoms. The average Bonchev–Trinajstić information content (AvgIpc) is 2.47. The van der Waals surface area contributed by atoms with Crippen LogP contribution in [0.25, 0.3) is 10.9 Å². The Morgan fingerprint density at radius 2 is 1.90 bits per heavy atom. The van der Waals surface area contributed by atoms with E-state index in [-0.39, 0.29) is 0 Å². The smallest absolute Gasteiger partial charge is 0.0908 e. The molecule has 0 saturated carbocycles. The second-order valence-electron chi connectivity index (χ2n) is 4.48. The molecule has 0 fully saturated rings. The number of halogens is 2. The summed E-state index contributed by atoms with van der Waals surface area (Å²) in [4.78, 5) is 4.32. The van der Waals surface area contributed by atoms with Gasteiger partial charge in [0.25, 0.3) is 0 Å². The van der Waals surface area contributed by atoms with E-state index < -0.39 is 0 Å². The zero-order valence-electron chi connectivity index (χ0n) is 10.6. The number of anilines is 1. The number of hydrogen-bond donors (Lipinski definition) is 1. The first-order valence-electron chi connectivity index (χ1n) is 6.25. The van der Waals surface area contributed by atoms with E-state index in [0.717, 1.165) is 27.2 Å². The summed E-state index contributed by atoms with van der Waals surface area (Å²) in [5, 5.41) is 5.82. The highest BCUT2D eigenvalue weighted by atomic mass is 35.5. The summed E-state index contributed by atoms with van der Waals surface area (Å²) >= 11 is 12.1. The molecule has 4 heteroatoms. The van der Waals surface area contributed by atoms with Crippen LogP contribution in [0.3, 0.4) is 0 Å². The van der Waals surface area contributed by atoms with Crippen LogP contribution in [-0.4, -0.2) is 4.98 Å². The molecule has 1 aromatic heterocycles. The summed E-state index contributed by atoms with van der Waals surface area (Å²) in [5.41, 5.74) is 2.95. The Kier molecular flexibility index (Phi) is 3.77. The van der Waals surface area contributed by atoms with Gasteiger partial charge >= 0.3 is 0 Å². The van der Waals surface area contributed by atoms with Gasteiger partial charge in [0.15, 0.2) is 0 Å². The molecular formula is C16H12Cl2N2. The van der Waals surface area contributed by atoms with Gasteiger partial charge in [0, 0.05) is 28.8 Å². The maximum absolute atomic E-state index is 6.16. The fraction of sp³-hybridized carbons (Fsp3) is 0.0625. The van der Waals surface area contributed by atoms with Crippen molar-refractivity contribution in [2.24, 2.45) is 0 Å². The predicted molar refractivity (Wildman–Crippen MR) is 85.5 cm³/mol. The second kappa shape index (κ2) is 5.70. The lowest BCUT2D eigenvalue weighted by Gasteiger charge is -2.10. The largest absolute Gasteiger partial charge is 0.380 e. The predicted octanol–water partition coefficient (Wildman–Crippen LogP) is 5.15. The summed E-state index contributed by atoms with van der Waals surface area (Å²) in [6.07, 6.45) is 1.75. The number of nitrogens with one attached hydrogen (secondary N) is 1. The van der Waals surface area contributed by atoms with Crippen molar-refractivity contribution in [3.63, 3.8) is 0 Å². The van der Waals surface area contributed by atoms with Crippen molar-refractivity contribution in [2.45, 2.75) is 6.54 Å². The van der Waals surface area contributed by atoms with Crippen LogP contribution in [0.4, 0.5) is 5.69 Å². The lowest BCUT2D eigenvalue weighted by molar-refractivity contribution is 1.15. The second-order valence-corrected chi connectivity index (χ2v) is 5.32. The Bertz CT molecular complexity index is 756. The highest BCUT2D eigenvalue weighted by Gasteiger charge is 2.05. The third kappa shape index (κ3) is 2.72. The number of fused-ring (bicyclic) bond motifs is 1. The molecule has 0 bridgehead atoms. The van der Waals surface area contributed by atoms with Crippen molar-refractivity contribution >= 4 is 39.8 Å². The van der Waals surface area contributed by atoms with Crippen LogP contribution in [0.5, 0.6) is 0 Å². The third-order valence-electron chi connectivity index (χ3n) is 3.09. The molecule has 0 unspecified atom stereocenters. The molecule has 1 heterocycles. The number of pyridine rings is 1. The van der Waals surface area contributed by atoms with Crippen molar-refractivity contribution in [1.82, 2.24) is 4.98 Å². The first kappa shape index (κ1) is 13.2. The molecule has 0 aliphatic rings. The Labute approximate surface area is 127 Å². The normalized spacial score (nSPS) is 10.7. The summed E-state index contributed by atoms with van der Waals surface area (Å²) in [7, 11) is 0. The van der Waals surface area contributed by atoms with Crippen LogP contribution < -0.4 is 5.32 Å². The van der Waals surface area contributed by atoms with Gasteiger partial charge in [0.05, 0.1) is 10.5 Å². The Morgan fingerprint density at radius 1 is 1.00 bits per heavy atom. The highest BCUT2D eigenvalue weighted by molar-refractivity contribution is 6.35. The maximum atomic E-state index is 6.16. The lowest BCUT2D eigenvalue weighted by atomic mass is 10.1. The monoisotopic (exact) mass is 302 g/mol. The topological polar surface area (TPSA) is 24.9 Å². The zero-order valence-corrected chi connectivity index (χ0v) is 12.1. The van der Waals surface area contributed by atoms with Gasteiger partial charge in [-0.25, -0.2) is 0 Å². The molecule has 0 atom stereocenters. The van der Waals surface area contributed by atoms with E-state index in [1.165, 1.54) is 0 Å². The molecule has 3 aromatic rings.